The molecular weight excluding hydrogens is 384 g/mol. The van der Waals surface area contributed by atoms with Crippen molar-refractivity contribution in [1.82, 2.24) is 0 Å². The maximum Gasteiger partial charge on any atom is 0.332 e. The third-order valence-corrected chi connectivity index (χ3v) is 6.18. The zero-order valence-corrected chi connectivity index (χ0v) is 17.5. The molecule has 3 aliphatic rings. The summed E-state index contributed by atoms with van der Waals surface area (Å²) in [6.45, 7) is 1.94. The second kappa shape index (κ2) is 9.65. The molecule has 0 saturated heterocycles. The van der Waals surface area contributed by atoms with Gasteiger partial charge in [0, 0.05) is 6.42 Å². The van der Waals surface area contributed by atoms with Crippen molar-refractivity contribution in [3.8, 4) is 5.75 Å². The average molecular weight is 414 g/mol. The fraction of sp³-hybridized carbons (Fsp3) is 0.583. The summed E-state index contributed by atoms with van der Waals surface area (Å²) in [7, 11) is 0. The Balaban J connectivity index is 1.26. The summed E-state index contributed by atoms with van der Waals surface area (Å²) in [6.07, 6.45) is 8.45. The topological polar surface area (TPSA) is 71.1 Å². The highest BCUT2D eigenvalue weighted by Gasteiger charge is 2.41. The summed E-state index contributed by atoms with van der Waals surface area (Å²) < 4.78 is 22.9. The number of carbonyl (C=O) groups is 2. The molecule has 0 amide bonds. The van der Waals surface area contributed by atoms with Gasteiger partial charge in [0.25, 0.3) is 0 Å². The van der Waals surface area contributed by atoms with Gasteiger partial charge < -0.3 is 18.9 Å². The minimum Gasteiger partial charge on any atom is -0.493 e. The second-order valence-electron chi connectivity index (χ2n) is 8.54. The molecule has 0 N–H and O–H groups in total. The Labute approximate surface area is 177 Å². The van der Waals surface area contributed by atoms with E-state index in [1.54, 1.807) is 0 Å². The van der Waals surface area contributed by atoms with Crippen LogP contribution < -0.4 is 4.74 Å². The number of benzene rings is 1. The van der Waals surface area contributed by atoms with E-state index in [9.17, 15) is 9.59 Å². The highest BCUT2D eigenvalue weighted by Crippen LogP contribution is 2.35. The summed E-state index contributed by atoms with van der Waals surface area (Å²) in [4.78, 5) is 24.9. The molecule has 6 nitrogen and oxygen atoms in total. The second-order valence-corrected chi connectivity index (χ2v) is 8.54. The number of hydrogen-bond donors (Lipinski definition) is 0. The van der Waals surface area contributed by atoms with Gasteiger partial charge in [-0.2, -0.15) is 0 Å². The average Bonchev–Trinajstić information content (AvgIpc) is 2.75. The summed E-state index contributed by atoms with van der Waals surface area (Å²) >= 11 is 0. The van der Waals surface area contributed by atoms with Crippen molar-refractivity contribution in [3.63, 3.8) is 0 Å². The molecule has 162 valence electrons. The maximum atomic E-state index is 12.9. The number of ether oxygens (including phenoxy) is 4. The highest BCUT2D eigenvalue weighted by atomic mass is 16.6. The third kappa shape index (κ3) is 5.22. The first-order valence-corrected chi connectivity index (χ1v) is 11.0. The van der Waals surface area contributed by atoms with Gasteiger partial charge >= 0.3 is 5.97 Å². The molecule has 2 saturated carbocycles. The van der Waals surface area contributed by atoms with Gasteiger partial charge in [-0.3, -0.25) is 4.79 Å². The number of fused-ring (bicyclic) bond motifs is 1. The molecule has 1 heterocycles. The van der Waals surface area contributed by atoms with Crippen LogP contribution in [0.1, 0.15) is 56.9 Å². The van der Waals surface area contributed by atoms with Crippen LogP contribution in [0.5, 0.6) is 5.75 Å². The Morgan fingerprint density at radius 3 is 2.73 bits per heavy atom. The Hall–Kier alpha value is -2.34. The van der Waals surface area contributed by atoms with Gasteiger partial charge in [0.05, 0.1) is 12.0 Å². The largest absolute Gasteiger partial charge is 0.493 e. The Bertz CT molecular complexity index is 795. The van der Waals surface area contributed by atoms with Crippen molar-refractivity contribution in [3.05, 3.63) is 41.9 Å². The van der Waals surface area contributed by atoms with E-state index in [2.05, 4.69) is 0 Å². The van der Waals surface area contributed by atoms with Gasteiger partial charge in [0.1, 0.15) is 30.8 Å². The number of aryl methyl sites for hydroxylation is 1. The molecule has 0 bridgehead atoms. The van der Waals surface area contributed by atoms with E-state index in [0.717, 1.165) is 31.2 Å². The van der Waals surface area contributed by atoms with Crippen molar-refractivity contribution in [2.45, 2.75) is 76.6 Å². The first-order valence-electron chi connectivity index (χ1n) is 11.0. The number of hydrogen-bond acceptors (Lipinski definition) is 6. The van der Waals surface area contributed by atoms with Crippen molar-refractivity contribution in [1.29, 1.82) is 0 Å². The Morgan fingerprint density at radius 1 is 1.10 bits per heavy atom. The van der Waals surface area contributed by atoms with E-state index >= 15 is 0 Å². The van der Waals surface area contributed by atoms with Crippen molar-refractivity contribution >= 4 is 11.8 Å². The van der Waals surface area contributed by atoms with Crippen LogP contribution in [0.25, 0.3) is 0 Å². The van der Waals surface area contributed by atoms with Crippen LogP contribution in [0.3, 0.4) is 0 Å². The van der Waals surface area contributed by atoms with E-state index in [0.29, 0.717) is 25.0 Å². The summed E-state index contributed by atoms with van der Waals surface area (Å²) in [5.74, 6) is 0.326. The normalized spacial score (nSPS) is 26.9. The molecule has 3 atom stereocenters. The molecule has 3 unspecified atom stereocenters. The molecule has 1 aromatic carbocycles. The number of esters is 1. The van der Waals surface area contributed by atoms with Crippen molar-refractivity contribution in [2.24, 2.45) is 5.92 Å². The lowest BCUT2D eigenvalue weighted by Crippen LogP contribution is -2.43. The minimum atomic E-state index is -0.293. The monoisotopic (exact) mass is 414 g/mol. The maximum absolute atomic E-state index is 12.9. The first kappa shape index (κ1) is 20.9. The fourth-order valence-corrected chi connectivity index (χ4v) is 4.55. The molecule has 2 aliphatic carbocycles. The van der Waals surface area contributed by atoms with Crippen LogP contribution >= 0.6 is 0 Å². The molecule has 0 aromatic heterocycles. The number of rotatable bonds is 6. The van der Waals surface area contributed by atoms with Gasteiger partial charge in [0.2, 0.25) is 11.5 Å². The third-order valence-electron chi connectivity index (χ3n) is 6.18. The quantitative estimate of drug-likeness (QED) is 0.649. The fourth-order valence-electron chi connectivity index (χ4n) is 4.55. The van der Waals surface area contributed by atoms with Crippen LogP contribution in [-0.2, 0) is 23.8 Å². The van der Waals surface area contributed by atoms with Crippen molar-refractivity contribution in [2.75, 3.05) is 6.61 Å². The highest BCUT2D eigenvalue weighted by molar-refractivity contribution is 5.96. The number of allylic oxidation sites excluding steroid dienone is 1. The SMILES string of the molecule is Cc1cccc(OC2=COC3CC(OCC(=O)OC4CCCCC4)CCC3C2=O)c1. The molecule has 1 aliphatic heterocycles. The number of Topliss-reactive ketones (excluding diaryl/α,β-unsaturated/α-hetero) is 1. The lowest BCUT2D eigenvalue weighted by atomic mass is 9.80. The molecular formula is C24H30O6. The lowest BCUT2D eigenvalue weighted by molar-refractivity contribution is -0.161. The smallest absolute Gasteiger partial charge is 0.332 e. The summed E-state index contributed by atoms with van der Waals surface area (Å²) in [5, 5.41) is 0. The van der Waals surface area contributed by atoms with E-state index < -0.39 is 0 Å². The van der Waals surface area contributed by atoms with Gasteiger partial charge in [-0.15, -0.1) is 0 Å². The molecule has 1 aromatic rings. The summed E-state index contributed by atoms with van der Waals surface area (Å²) in [6, 6.07) is 7.58. The standard InChI is InChI=1S/C24H30O6/c1-16-6-5-9-19(12-16)29-22-14-28-21-13-18(10-11-20(21)24(22)26)27-15-23(25)30-17-7-3-2-4-8-17/h5-6,9,12,14,17-18,20-21H,2-4,7-8,10-11,13,15H2,1H3. The molecule has 2 fully saturated rings. The van der Waals surface area contributed by atoms with Gasteiger partial charge in [-0.1, -0.05) is 18.6 Å². The molecule has 0 radical (unpaired) electrons. The predicted molar refractivity (Wildman–Crippen MR) is 110 cm³/mol. The minimum absolute atomic E-state index is 0.0251. The molecule has 30 heavy (non-hydrogen) atoms. The van der Waals surface area contributed by atoms with Crippen LogP contribution in [0.4, 0.5) is 0 Å². The van der Waals surface area contributed by atoms with Gasteiger partial charge in [-0.25, -0.2) is 4.79 Å². The summed E-state index contributed by atoms with van der Waals surface area (Å²) in [5.41, 5.74) is 1.06. The van der Waals surface area contributed by atoms with E-state index in [4.69, 9.17) is 18.9 Å². The lowest BCUT2D eigenvalue weighted by Gasteiger charge is -2.37. The predicted octanol–water partition coefficient (Wildman–Crippen LogP) is 4.24. The van der Waals surface area contributed by atoms with Gasteiger partial charge in [0.15, 0.2) is 0 Å². The zero-order valence-electron chi connectivity index (χ0n) is 17.5. The van der Waals surface area contributed by atoms with E-state index in [-0.39, 0.29) is 48.3 Å². The first-order chi connectivity index (χ1) is 14.6. The van der Waals surface area contributed by atoms with Crippen molar-refractivity contribution < 1.29 is 28.5 Å². The Kier molecular flexibility index (Phi) is 6.72. The van der Waals surface area contributed by atoms with Crippen LogP contribution in [-0.4, -0.2) is 36.7 Å². The van der Waals surface area contributed by atoms with Crippen LogP contribution in [0, 0.1) is 12.8 Å². The Morgan fingerprint density at radius 2 is 1.93 bits per heavy atom. The van der Waals surface area contributed by atoms with E-state index in [1.807, 2.05) is 31.2 Å². The number of ketones is 1. The van der Waals surface area contributed by atoms with Gasteiger partial charge in [-0.05, 0) is 63.1 Å². The van der Waals surface area contributed by atoms with E-state index in [1.165, 1.54) is 12.7 Å². The van der Waals surface area contributed by atoms with Crippen LogP contribution in [0.15, 0.2) is 36.3 Å². The number of carbonyl (C=O) groups excluding carboxylic acids is 2. The molecule has 6 heteroatoms. The molecule has 4 rings (SSSR count). The van der Waals surface area contributed by atoms with Crippen LogP contribution in [0.2, 0.25) is 0 Å². The zero-order chi connectivity index (χ0) is 20.9. The molecule has 0 spiro atoms.